The zero-order valence-electron chi connectivity index (χ0n) is 10.2. The van der Waals surface area contributed by atoms with Crippen molar-refractivity contribution in [3.63, 3.8) is 0 Å². The third-order valence-corrected chi connectivity index (χ3v) is 2.93. The minimum atomic E-state index is -0.394. The number of carbonyl (C=O) groups is 1. The lowest BCUT2D eigenvalue weighted by atomic mass is 9.97. The SMILES string of the molecule is CCCC(O)CNC(=O)CC1=CCCCC1. The highest BCUT2D eigenvalue weighted by molar-refractivity contribution is 5.78. The van der Waals surface area contributed by atoms with Crippen LogP contribution in [0.25, 0.3) is 0 Å². The summed E-state index contributed by atoms with van der Waals surface area (Å²) in [7, 11) is 0. The zero-order chi connectivity index (χ0) is 11.8. The second-order valence-corrected chi connectivity index (χ2v) is 4.53. The largest absolute Gasteiger partial charge is 0.391 e. The van der Waals surface area contributed by atoms with Crippen LogP contribution in [0, 0.1) is 0 Å². The van der Waals surface area contributed by atoms with Gasteiger partial charge < -0.3 is 10.4 Å². The molecule has 0 aromatic carbocycles. The number of aliphatic hydroxyl groups excluding tert-OH is 1. The normalized spacial score (nSPS) is 17.8. The third kappa shape index (κ3) is 5.31. The molecule has 3 nitrogen and oxygen atoms in total. The molecule has 1 atom stereocenters. The van der Waals surface area contributed by atoms with Crippen molar-refractivity contribution in [2.24, 2.45) is 0 Å². The molecule has 0 aromatic heterocycles. The van der Waals surface area contributed by atoms with Crippen molar-refractivity contribution in [3.05, 3.63) is 11.6 Å². The van der Waals surface area contributed by atoms with Crippen LogP contribution >= 0.6 is 0 Å². The molecule has 1 unspecified atom stereocenters. The van der Waals surface area contributed by atoms with Crippen molar-refractivity contribution < 1.29 is 9.90 Å². The summed E-state index contributed by atoms with van der Waals surface area (Å²) in [6, 6.07) is 0. The number of amides is 1. The predicted molar refractivity (Wildman–Crippen MR) is 65.1 cm³/mol. The maximum Gasteiger partial charge on any atom is 0.224 e. The van der Waals surface area contributed by atoms with Gasteiger partial charge in [0.2, 0.25) is 5.91 Å². The average Bonchev–Trinajstić information content (AvgIpc) is 2.28. The van der Waals surface area contributed by atoms with E-state index in [1.807, 2.05) is 6.92 Å². The van der Waals surface area contributed by atoms with Crippen LogP contribution in [-0.4, -0.2) is 23.7 Å². The van der Waals surface area contributed by atoms with Crippen LogP contribution in [0.3, 0.4) is 0 Å². The van der Waals surface area contributed by atoms with Crippen molar-refractivity contribution in [2.75, 3.05) is 6.54 Å². The van der Waals surface area contributed by atoms with Crippen LogP contribution < -0.4 is 5.32 Å². The van der Waals surface area contributed by atoms with Gasteiger partial charge >= 0.3 is 0 Å². The lowest BCUT2D eigenvalue weighted by Crippen LogP contribution is -2.32. The molecule has 1 rings (SSSR count). The first-order chi connectivity index (χ1) is 7.72. The number of hydrogen-bond donors (Lipinski definition) is 2. The van der Waals surface area contributed by atoms with E-state index in [-0.39, 0.29) is 5.91 Å². The second kappa shape index (κ2) is 7.44. The highest BCUT2D eigenvalue weighted by Crippen LogP contribution is 2.19. The van der Waals surface area contributed by atoms with Crippen LogP contribution in [0.4, 0.5) is 0 Å². The van der Waals surface area contributed by atoms with E-state index in [0.29, 0.717) is 13.0 Å². The van der Waals surface area contributed by atoms with Gasteiger partial charge in [0.05, 0.1) is 6.10 Å². The van der Waals surface area contributed by atoms with Gasteiger partial charge in [-0.3, -0.25) is 4.79 Å². The molecular formula is C13H23NO2. The molecule has 3 heteroatoms. The van der Waals surface area contributed by atoms with Gasteiger partial charge in [-0.1, -0.05) is 25.0 Å². The Morgan fingerprint density at radius 2 is 2.38 bits per heavy atom. The molecule has 0 radical (unpaired) electrons. The van der Waals surface area contributed by atoms with E-state index < -0.39 is 6.10 Å². The number of allylic oxidation sites excluding steroid dienone is 1. The minimum Gasteiger partial charge on any atom is -0.391 e. The highest BCUT2D eigenvalue weighted by Gasteiger charge is 2.10. The fourth-order valence-corrected chi connectivity index (χ4v) is 2.00. The smallest absolute Gasteiger partial charge is 0.224 e. The fraction of sp³-hybridized carbons (Fsp3) is 0.769. The highest BCUT2D eigenvalue weighted by atomic mass is 16.3. The van der Waals surface area contributed by atoms with Crippen LogP contribution in [0.2, 0.25) is 0 Å². The Balaban J connectivity index is 2.17. The molecule has 1 amide bonds. The van der Waals surface area contributed by atoms with E-state index in [9.17, 15) is 9.90 Å². The van der Waals surface area contributed by atoms with Crippen molar-refractivity contribution in [1.82, 2.24) is 5.32 Å². The summed E-state index contributed by atoms with van der Waals surface area (Å²) in [5, 5.41) is 12.3. The molecule has 0 bridgehead atoms. The molecule has 0 heterocycles. The molecule has 1 aliphatic rings. The first-order valence-electron chi connectivity index (χ1n) is 6.35. The van der Waals surface area contributed by atoms with E-state index in [0.717, 1.165) is 25.7 Å². The number of nitrogens with one attached hydrogen (secondary N) is 1. The third-order valence-electron chi connectivity index (χ3n) is 2.93. The zero-order valence-corrected chi connectivity index (χ0v) is 10.2. The summed E-state index contributed by atoms with van der Waals surface area (Å²) in [6.07, 6.45) is 8.63. The Labute approximate surface area is 97.9 Å². The lowest BCUT2D eigenvalue weighted by Gasteiger charge is -2.14. The van der Waals surface area contributed by atoms with E-state index >= 15 is 0 Å². The van der Waals surface area contributed by atoms with Crippen molar-refractivity contribution in [2.45, 2.75) is 58.0 Å². The Morgan fingerprint density at radius 1 is 1.56 bits per heavy atom. The van der Waals surface area contributed by atoms with E-state index in [1.54, 1.807) is 0 Å². The van der Waals surface area contributed by atoms with Gasteiger partial charge in [0.1, 0.15) is 0 Å². The predicted octanol–water partition coefficient (Wildman–Crippen LogP) is 2.15. The van der Waals surface area contributed by atoms with Crippen LogP contribution in [-0.2, 0) is 4.79 Å². The summed E-state index contributed by atoms with van der Waals surface area (Å²) >= 11 is 0. The Kier molecular flexibility index (Phi) is 6.16. The number of hydrogen-bond acceptors (Lipinski definition) is 2. The van der Waals surface area contributed by atoms with Crippen molar-refractivity contribution >= 4 is 5.91 Å². The standard InChI is InChI=1S/C13H23NO2/c1-2-6-12(15)10-14-13(16)9-11-7-4-3-5-8-11/h7,12,15H,2-6,8-10H2,1H3,(H,14,16). The summed E-state index contributed by atoms with van der Waals surface area (Å²) in [5.41, 5.74) is 1.26. The van der Waals surface area contributed by atoms with Crippen molar-refractivity contribution in [1.29, 1.82) is 0 Å². The van der Waals surface area contributed by atoms with Gasteiger partial charge in [-0.05, 0) is 32.1 Å². The molecule has 0 aliphatic heterocycles. The number of rotatable bonds is 6. The van der Waals surface area contributed by atoms with Crippen LogP contribution in [0.5, 0.6) is 0 Å². The number of aliphatic hydroxyl groups is 1. The molecule has 0 fully saturated rings. The fourth-order valence-electron chi connectivity index (χ4n) is 2.00. The first kappa shape index (κ1) is 13.2. The lowest BCUT2D eigenvalue weighted by molar-refractivity contribution is -0.120. The summed E-state index contributed by atoms with van der Waals surface area (Å²) < 4.78 is 0. The van der Waals surface area contributed by atoms with Gasteiger partial charge in [-0.2, -0.15) is 0 Å². The van der Waals surface area contributed by atoms with Crippen LogP contribution in [0.1, 0.15) is 51.9 Å². The van der Waals surface area contributed by atoms with Gasteiger partial charge in [-0.15, -0.1) is 0 Å². The van der Waals surface area contributed by atoms with Gasteiger partial charge in [0.15, 0.2) is 0 Å². The van der Waals surface area contributed by atoms with E-state index in [2.05, 4.69) is 11.4 Å². The molecule has 1 aliphatic carbocycles. The maximum absolute atomic E-state index is 11.6. The van der Waals surface area contributed by atoms with Gasteiger partial charge in [0.25, 0.3) is 0 Å². The topological polar surface area (TPSA) is 49.3 Å². The van der Waals surface area contributed by atoms with Gasteiger partial charge in [-0.25, -0.2) is 0 Å². The molecule has 0 saturated carbocycles. The Bertz CT molecular complexity index is 248. The van der Waals surface area contributed by atoms with Gasteiger partial charge in [0, 0.05) is 13.0 Å². The van der Waals surface area contributed by atoms with E-state index in [1.165, 1.54) is 18.4 Å². The second-order valence-electron chi connectivity index (χ2n) is 4.53. The first-order valence-corrected chi connectivity index (χ1v) is 6.35. The Morgan fingerprint density at radius 3 is 3.00 bits per heavy atom. The maximum atomic E-state index is 11.6. The summed E-state index contributed by atoms with van der Waals surface area (Å²) in [6.45, 7) is 2.41. The summed E-state index contributed by atoms with van der Waals surface area (Å²) in [4.78, 5) is 11.6. The molecule has 0 spiro atoms. The average molecular weight is 225 g/mol. The molecule has 0 aromatic rings. The molecule has 2 N–H and O–H groups in total. The molecule has 16 heavy (non-hydrogen) atoms. The minimum absolute atomic E-state index is 0.0447. The molecule has 0 saturated heterocycles. The molecule has 92 valence electrons. The van der Waals surface area contributed by atoms with E-state index in [4.69, 9.17) is 0 Å². The quantitative estimate of drug-likeness (QED) is 0.680. The Hall–Kier alpha value is -0.830. The monoisotopic (exact) mass is 225 g/mol. The van der Waals surface area contributed by atoms with Crippen LogP contribution in [0.15, 0.2) is 11.6 Å². The molecular weight excluding hydrogens is 202 g/mol. The summed E-state index contributed by atoms with van der Waals surface area (Å²) in [5.74, 6) is 0.0447. The van der Waals surface area contributed by atoms with Crippen molar-refractivity contribution in [3.8, 4) is 0 Å². The number of carbonyl (C=O) groups excluding carboxylic acids is 1.